The molecule has 1 heterocycles. The molecule has 1 aliphatic rings. The van der Waals surface area contributed by atoms with Crippen LogP contribution in [0.2, 0.25) is 0 Å². The highest BCUT2D eigenvalue weighted by atomic mass is 16.5. The number of carbonyl (C=O) groups excluding carboxylic acids is 2. The number of aryl methyl sites for hydroxylation is 1. The summed E-state index contributed by atoms with van der Waals surface area (Å²) >= 11 is 0. The monoisotopic (exact) mass is 563 g/mol. The van der Waals surface area contributed by atoms with Gasteiger partial charge in [-0.3, -0.25) is 9.59 Å². The number of hydrogen-bond acceptors (Lipinski definition) is 5. The number of anilines is 2. The van der Waals surface area contributed by atoms with Gasteiger partial charge in [-0.05, 0) is 90.7 Å². The van der Waals surface area contributed by atoms with Crippen molar-refractivity contribution in [1.82, 2.24) is 4.90 Å². The molecular weight excluding hydrogens is 526 g/mol. The second kappa shape index (κ2) is 13.7. The van der Waals surface area contributed by atoms with Crippen molar-refractivity contribution in [3.63, 3.8) is 0 Å². The van der Waals surface area contributed by atoms with Gasteiger partial charge in [-0.15, -0.1) is 0 Å². The molecule has 0 spiro atoms. The van der Waals surface area contributed by atoms with Crippen LogP contribution in [-0.2, 0) is 11.2 Å². The van der Waals surface area contributed by atoms with E-state index >= 15 is 0 Å². The fourth-order valence-electron chi connectivity index (χ4n) is 5.26. The Morgan fingerprint density at radius 3 is 2.26 bits per heavy atom. The SMILES string of the molecule is CCOc1cccc(-c2ccccc2CCC(=O)N2CCN(c3ccc(C(=O)Nc4ccc(OC)cc4)cc3)CC2)c1. The number of carbonyl (C=O) groups is 2. The molecule has 4 aromatic carbocycles. The molecule has 2 amide bonds. The molecule has 0 aromatic heterocycles. The van der Waals surface area contributed by atoms with Gasteiger partial charge in [0.05, 0.1) is 13.7 Å². The molecule has 5 rings (SSSR count). The second-order valence-corrected chi connectivity index (χ2v) is 10.2. The van der Waals surface area contributed by atoms with Gasteiger partial charge < -0.3 is 24.6 Å². The van der Waals surface area contributed by atoms with E-state index < -0.39 is 0 Å². The van der Waals surface area contributed by atoms with E-state index in [1.807, 2.05) is 84.6 Å². The summed E-state index contributed by atoms with van der Waals surface area (Å²) in [6.07, 6.45) is 1.16. The number of hydrogen-bond donors (Lipinski definition) is 1. The van der Waals surface area contributed by atoms with Crippen LogP contribution in [-0.4, -0.2) is 56.6 Å². The Hall–Kier alpha value is -4.78. The lowest BCUT2D eigenvalue weighted by molar-refractivity contribution is -0.131. The molecule has 4 aromatic rings. The van der Waals surface area contributed by atoms with Gasteiger partial charge in [-0.1, -0.05) is 36.4 Å². The summed E-state index contributed by atoms with van der Waals surface area (Å²) in [5, 5.41) is 2.91. The highest BCUT2D eigenvalue weighted by Crippen LogP contribution is 2.28. The Morgan fingerprint density at radius 1 is 0.810 bits per heavy atom. The van der Waals surface area contributed by atoms with Gasteiger partial charge in [0.1, 0.15) is 11.5 Å². The predicted octanol–water partition coefficient (Wildman–Crippen LogP) is 6.29. The summed E-state index contributed by atoms with van der Waals surface area (Å²) < 4.78 is 10.9. The van der Waals surface area contributed by atoms with E-state index in [0.29, 0.717) is 43.8 Å². The maximum absolute atomic E-state index is 13.1. The molecule has 0 unspecified atom stereocenters. The number of nitrogens with zero attached hydrogens (tertiary/aromatic N) is 2. The maximum Gasteiger partial charge on any atom is 0.255 e. The van der Waals surface area contributed by atoms with Crippen molar-refractivity contribution in [2.45, 2.75) is 19.8 Å². The van der Waals surface area contributed by atoms with Gasteiger partial charge in [-0.25, -0.2) is 0 Å². The number of benzene rings is 4. The molecule has 0 radical (unpaired) electrons. The summed E-state index contributed by atoms with van der Waals surface area (Å²) in [5.41, 5.74) is 5.75. The smallest absolute Gasteiger partial charge is 0.255 e. The zero-order chi connectivity index (χ0) is 29.3. The molecule has 1 fully saturated rings. The lowest BCUT2D eigenvalue weighted by Crippen LogP contribution is -2.48. The molecule has 1 aliphatic heterocycles. The molecule has 7 heteroatoms. The Balaban J connectivity index is 1.12. The van der Waals surface area contributed by atoms with E-state index in [1.54, 1.807) is 7.11 Å². The Kier molecular flexibility index (Phi) is 9.39. The van der Waals surface area contributed by atoms with E-state index in [4.69, 9.17) is 9.47 Å². The average molecular weight is 564 g/mol. The Labute approximate surface area is 247 Å². The molecule has 1 N–H and O–H groups in total. The van der Waals surface area contributed by atoms with Crippen LogP contribution in [0.3, 0.4) is 0 Å². The first kappa shape index (κ1) is 28.7. The first-order valence-corrected chi connectivity index (χ1v) is 14.4. The minimum absolute atomic E-state index is 0.161. The first-order chi connectivity index (χ1) is 20.5. The number of ether oxygens (including phenoxy) is 2. The van der Waals surface area contributed by atoms with Crippen molar-refractivity contribution < 1.29 is 19.1 Å². The summed E-state index contributed by atoms with van der Waals surface area (Å²) in [6, 6.07) is 31.3. The van der Waals surface area contributed by atoms with Crippen molar-refractivity contribution in [2.24, 2.45) is 0 Å². The molecule has 42 heavy (non-hydrogen) atoms. The third-order valence-corrected chi connectivity index (χ3v) is 7.56. The van der Waals surface area contributed by atoms with Crippen LogP contribution in [0.4, 0.5) is 11.4 Å². The number of nitrogens with one attached hydrogen (secondary N) is 1. The minimum Gasteiger partial charge on any atom is -0.497 e. The van der Waals surface area contributed by atoms with Gasteiger partial charge in [-0.2, -0.15) is 0 Å². The molecule has 7 nitrogen and oxygen atoms in total. The zero-order valence-electron chi connectivity index (χ0n) is 24.2. The molecule has 0 bridgehead atoms. The van der Waals surface area contributed by atoms with Gasteiger partial charge in [0.2, 0.25) is 5.91 Å². The largest absolute Gasteiger partial charge is 0.497 e. The lowest BCUT2D eigenvalue weighted by atomic mass is 9.96. The van der Waals surface area contributed by atoms with Crippen LogP contribution in [0, 0.1) is 0 Å². The quantitative estimate of drug-likeness (QED) is 0.245. The number of amides is 2. The van der Waals surface area contributed by atoms with Gasteiger partial charge in [0, 0.05) is 49.5 Å². The van der Waals surface area contributed by atoms with Crippen LogP contribution >= 0.6 is 0 Å². The van der Waals surface area contributed by atoms with E-state index in [1.165, 1.54) is 0 Å². The maximum atomic E-state index is 13.1. The fraction of sp³-hybridized carbons (Fsp3) is 0.257. The van der Waals surface area contributed by atoms with E-state index in [-0.39, 0.29) is 11.8 Å². The van der Waals surface area contributed by atoms with Gasteiger partial charge in [0.25, 0.3) is 5.91 Å². The van der Waals surface area contributed by atoms with Crippen molar-refractivity contribution in [1.29, 1.82) is 0 Å². The fourth-order valence-corrected chi connectivity index (χ4v) is 5.26. The third-order valence-electron chi connectivity index (χ3n) is 7.56. The molecule has 0 aliphatic carbocycles. The number of methoxy groups -OCH3 is 1. The van der Waals surface area contributed by atoms with Crippen LogP contribution in [0.15, 0.2) is 97.1 Å². The summed E-state index contributed by atoms with van der Waals surface area (Å²) in [6.45, 7) is 5.47. The van der Waals surface area contributed by atoms with Crippen molar-refractivity contribution in [3.8, 4) is 22.6 Å². The van der Waals surface area contributed by atoms with Crippen LogP contribution in [0.25, 0.3) is 11.1 Å². The normalized spacial score (nSPS) is 13.0. The lowest BCUT2D eigenvalue weighted by Gasteiger charge is -2.36. The molecular formula is C35H37N3O4. The van der Waals surface area contributed by atoms with Crippen molar-refractivity contribution in [2.75, 3.05) is 50.1 Å². The minimum atomic E-state index is -0.161. The standard InChI is InChI=1S/C35H37N3O4/c1-3-42-32-9-6-8-28(25-32)33-10-5-4-7-26(33)13-20-34(39)38-23-21-37(22-24-38)30-16-11-27(12-17-30)35(40)36-29-14-18-31(41-2)19-15-29/h4-12,14-19,25H,3,13,20-24H2,1-2H3,(H,36,40). The number of piperazine rings is 1. The molecule has 1 saturated heterocycles. The van der Waals surface area contributed by atoms with Crippen molar-refractivity contribution >= 4 is 23.2 Å². The third kappa shape index (κ3) is 7.10. The number of rotatable bonds is 10. The van der Waals surface area contributed by atoms with Crippen LogP contribution in [0.1, 0.15) is 29.3 Å². The van der Waals surface area contributed by atoms with E-state index in [0.717, 1.165) is 47.0 Å². The van der Waals surface area contributed by atoms with Gasteiger partial charge in [0.15, 0.2) is 0 Å². The Morgan fingerprint density at radius 2 is 1.55 bits per heavy atom. The van der Waals surface area contributed by atoms with Crippen molar-refractivity contribution in [3.05, 3.63) is 108 Å². The molecule has 216 valence electrons. The average Bonchev–Trinajstić information content (AvgIpc) is 3.04. The first-order valence-electron chi connectivity index (χ1n) is 14.4. The Bertz CT molecular complexity index is 1490. The van der Waals surface area contributed by atoms with Crippen LogP contribution < -0.4 is 19.7 Å². The highest BCUT2D eigenvalue weighted by molar-refractivity contribution is 6.04. The second-order valence-electron chi connectivity index (χ2n) is 10.2. The van der Waals surface area contributed by atoms with E-state index in [9.17, 15) is 9.59 Å². The summed E-state index contributed by atoms with van der Waals surface area (Å²) in [7, 11) is 1.61. The predicted molar refractivity (Wildman–Crippen MR) is 168 cm³/mol. The molecule has 0 atom stereocenters. The highest BCUT2D eigenvalue weighted by Gasteiger charge is 2.22. The topological polar surface area (TPSA) is 71.1 Å². The van der Waals surface area contributed by atoms with E-state index in [2.05, 4.69) is 34.5 Å². The van der Waals surface area contributed by atoms with Gasteiger partial charge >= 0.3 is 0 Å². The zero-order valence-corrected chi connectivity index (χ0v) is 24.2. The molecule has 0 saturated carbocycles. The summed E-state index contributed by atoms with van der Waals surface area (Å²) in [4.78, 5) is 30.0. The summed E-state index contributed by atoms with van der Waals surface area (Å²) in [5.74, 6) is 1.61. The van der Waals surface area contributed by atoms with Crippen LogP contribution in [0.5, 0.6) is 11.5 Å².